The van der Waals surface area contributed by atoms with Crippen LogP contribution in [0.25, 0.3) is 0 Å². The lowest BCUT2D eigenvalue weighted by Crippen LogP contribution is -2.44. The number of anilines is 2. The molecular formula is C27H40N6O5S. The molecule has 4 amide bonds. The summed E-state index contributed by atoms with van der Waals surface area (Å²) in [5.74, 6) is -0.410. The Morgan fingerprint density at radius 2 is 1.82 bits per heavy atom. The maximum atomic E-state index is 12.8. The van der Waals surface area contributed by atoms with E-state index >= 15 is 0 Å². The van der Waals surface area contributed by atoms with Crippen LogP contribution in [-0.4, -0.2) is 83.9 Å². The van der Waals surface area contributed by atoms with Crippen LogP contribution in [0.5, 0.6) is 0 Å². The van der Waals surface area contributed by atoms with Crippen LogP contribution in [0.3, 0.4) is 0 Å². The molecule has 1 fully saturated rings. The molecule has 0 aliphatic carbocycles. The maximum Gasteiger partial charge on any atom is 0.412 e. The molecule has 2 aromatic heterocycles. The largest absolute Gasteiger partial charge is 0.444 e. The van der Waals surface area contributed by atoms with Gasteiger partial charge in [0.25, 0.3) is 5.91 Å². The summed E-state index contributed by atoms with van der Waals surface area (Å²) in [4.78, 5) is 46.2. The highest BCUT2D eigenvalue weighted by molar-refractivity contribution is 7.09. The molecule has 1 aliphatic rings. The van der Waals surface area contributed by atoms with Crippen molar-refractivity contribution in [2.24, 2.45) is 0 Å². The Balaban J connectivity index is 1.58. The monoisotopic (exact) mass is 560 g/mol. The van der Waals surface area contributed by atoms with Crippen molar-refractivity contribution in [2.45, 2.75) is 59.2 Å². The second-order valence-electron chi connectivity index (χ2n) is 10.7. The van der Waals surface area contributed by atoms with E-state index in [1.165, 1.54) is 11.3 Å². The smallest absolute Gasteiger partial charge is 0.412 e. The van der Waals surface area contributed by atoms with Crippen molar-refractivity contribution in [2.75, 3.05) is 50.0 Å². The van der Waals surface area contributed by atoms with Crippen LogP contribution >= 0.6 is 11.3 Å². The summed E-state index contributed by atoms with van der Waals surface area (Å²) in [6, 6.07) is 3.32. The first-order valence-electron chi connectivity index (χ1n) is 13.2. The Labute approximate surface area is 234 Å². The van der Waals surface area contributed by atoms with Crippen LogP contribution in [0.2, 0.25) is 0 Å². The van der Waals surface area contributed by atoms with Gasteiger partial charge in [0.2, 0.25) is 0 Å². The van der Waals surface area contributed by atoms with Crippen molar-refractivity contribution in [3.63, 3.8) is 0 Å². The van der Waals surface area contributed by atoms with E-state index in [1.807, 2.05) is 13.8 Å². The fourth-order valence-corrected chi connectivity index (χ4v) is 4.58. The molecule has 214 valence electrons. The number of aromatic nitrogens is 1. The fourth-order valence-electron chi connectivity index (χ4n) is 3.86. The van der Waals surface area contributed by atoms with Gasteiger partial charge in [0.05, 0.1) is 24.6 Å². The lowest BCUT2D eigenvalue weighted by molar-refractivity contribution is 0.0364. The van der Waals surface area contributed by atoms with Crippen molar-refractivity contribution in [1.29, 1.82) is 0 Å². The number of carbonyl (C=O) groups excluding carboxylic acids is 3. The summed E-state index contributed by atoms with van der Waals surface area (Å²) in [6.45, 7) is 14.4. The number of hydrogen-bond acceptors (Lipinski definition) is 8. The molecule has 0 radical (unpaired) electrons. The molecule has 0 spiro atoms. The van der Waals surface area contributed by atoms with Crippen LogP contribution < -0.4 is 16.0 Å². The van der Waals surface area contributed by atoms with Gasteiger partial charge in [0.15, 0.2) is 0 Å². The molecular weight excluding hydrogens is 520 g/mol. The molecule has 11 nitrogen and oxygen atoms in total. The van der Waals surface area contributed by atoms with E-state index < -0.39 is 17.6 Å². The maximum absolute atomic E-state index is 12.8. The topological polar surface area (TPSA) is 125 Å². The zero-order valence-electron chi connectivity index (χ0n) is 23.4. The highest BCUT2D eigenvalue weighted by atomic mass is 32.1. The molecule has 3 rings (SSSR count). The second kappa shape index (κ2) is 14.2. The molecule has 0 atom stereocenters. The van der Waals surface area contributed by atoms with E-state index in [0.717, 1.165) is 44.8 Å². The molecule has 1 saturated heterocycles. The van der Waals surface area contributed by atoms with Crippen molar-refractivity contribution in [1.82, 2.24) is 20.1 Å². The number of morpholine rings is 1. The number of carbonyl (C=O) groups is 3. The van der Waals surface area contributed by atoms with Gasteiger partial charge in [-0.3, -0.25) is 20.0 Å². The van der Waals surface area contributed by atoms with E-state index in [1.54, 1.807) is 54.8 Å². The van der Waals surface area contributed by atoms with Gasteiger partial charge in [-0.1, -0.05) is 6.07 Å². The Bertz CT molecular complexity index is 1090. The van der Waals surface area contributed by atoms with Crippen LogP contribution in [0.4, 0.5) is 21.0 Å². The number of hydrogen-bond donors (Lipinski definition) is 3. The first-order valence-corrected chi connectivity index (χ1v) is 14.1. The number of thiophene rings is 1. The second-order valence-corrected chi connectivity index (χ2v) is 11.4. The van der Waals surface area contributed by atoms with Crippen molar-refractivity contribution >= 4 is 40.7 Å². The summed E-state index contributed by atoms with van der Waals surface area (Å²) in [7, 11) is 0. The van der Waals surface area contributed by atoms with Gasteiger partial charge in [-0.25, -0.2) is 9.59 Å². The van der Waals surface area contributed by atoms with Gasteiger partial charge in [-0.05, 0) is 52.7 Å². The molecule has 2 aromatic rings. The van der Waals surface area contributed by atoms with Gasteiger partial charge >= 0.3 is 12.1 Å². The minimum atomic E-state index is -0.636. The third-order valence-electron chi connectivity index (χ3n) is 5.68. The fraction of sp³-hybridized carbons (Fsp3) is 0.556. The summed E-state index contributed by atoms with van der Waals surface area (Å²) >= 11 is 1.34. The van der Waals surface area contributed by atoms with Crippen molar-refractivity contribution in [3.05, 3.63) is 40.3 Å². The quantitative estimate of drug-likeness (QED) is 0.394. The number of urea groups is 1. The van der Waals surface area contributed by atoms with Gasteiger partial charge in [-0.15, -0.1) is 11.3 Å². The first kappa shape index (κ1) is 30.3. The van der Waals surface area contributed by atoms with E-state index in [-0.39, 0.29) is 17.8 Å². The summed E-state index contributed by atoms with van der Waals surface area (Å²) < 4.78 is 10.7. The van der Waals surface area contributed by atoms with E-state index in [2.05, 4.69) is 25.8 Å². The molecule has 0 aromatic carbocycles. The number of ether oxygens (including phenoxy) is 2. The number of pyridine rings is 1. The van der Waals surface area contributed by atoms with Crippen LogP contribution in [0.1, 0.15) is 57.1 Å². The van der Waals surface area contributed by atoms with Crippen LogP contribution in [0, 0.1) is 0 Å². The Morgan fingerprint density at radius 3 is 2.44 bits per heavy atom. The number of nitrogens with one attached hydrogen (secondary N) is 3. The predicted molar refractivity (Wildman–Crippen MR) is 152 cm³/mol. The van der Waals surface area contributed by atoms with Gasteiger partial charge in [0.1, 0.15) is 11.3 Å². The molecule has 39 heavy (non-hydrogen) atoms. The lowest BCUT2D eigenvalue weighted by Gasteiger charge is -2.29. The average molecular weight is 561 g/mol. The first-order chi connectivity index (χ1) is 18.5. The minimum Gasteiger partial charge on any atom is -0.444 e. The van der Waals surface area contributed by atoms with E-state index in [0.29, 0.717) is 24.5 Å². The van der Waals surface area contributed by atoms with Crippen molar-refractivity contribution < 1.29 is 23.9 Å². The lowest BCUT2D eigenvalue weighted by atomic mass is 10.2. The average Bonchev–Trinajstić information content (AvgIpc) is 3.28. The molecule has 3 N–H and O–H groups in total. The number of rotatable bonds is 10. The molecule has 0 unspecified atom stereocenters. The van der Waals surface area contributed by atoms with Crippen LogP contribution in [0.15, 0.2) is 29.1 Å². The zero-order chi connectivity index (χ0) is 28.4. The van der Waals surface area contributed by atoms with Crippen molar-refractivity contribution in [3.8, 4) is 0 Å². The standard InChI is InChI=1S/C27H40N6O5S/c1-19(2)29-25(35)33(10-6-9-32-11-13-37-14-12-32)16-20-7-8-21(28-15-20)24(34)30-22-17-39-18-23(22)31-26(36)38-27(3,4)5/h7-8,15,17-19H,6,9-14,16H2,1-5H3,(H,29,35)(H,30,34)(H,31,36). The number of nitrogens with zero attached hydrogens (tertiary/aromatic N) is 3. The Morgan fingerprint density at radius 1 is 1.13 bits per heavy atom. The molecule has 12 heteroatoms. The van der Waals surface area contributed by atoms with Gasteiger partial charge in [0, 0.05) is 55.7 Å². The summed E-state index contributed by atoms with van der Waals surface area (Å²) in [5, 5.41) is 11.8. The Hall–Kier alpha value is -3.22. The molecule has 0 saturated carbocycles. The van der Waals surface area contributed by atoms with Gasteiger partial charge in [-0.2, -0.15) is 0 Å². The summed E-state index contributed by atoms with van der Waals surface area (Å²) in [5.41, 5.74) is 1.31. The van der Waals surface area contributed by atoms with Crippen LogP contribution in [-0.2, 0) is 16.0 Å². The normalized spacial score (nSPS) is 14.1. The molecule has 3 heterocycles. The highest BCUT2D eigenvalue weighted by Crippen LogP contribution is 2.27. The Kier molecular flexibility index (Phi) is 11.1. The molecule has 1 aliphatic heterocycles. The van der Waals surface area contributed by atoms with E-state index in [4.69, 9.17) is 9.47 Å². The van der Waals surface area contributed by atoms with E-state index in [9.17, 15) is 14.4 Å². The SMILES string of the molecule is CC(C)NC(=O)N(CCCN1CCOCC1)Cc1ccc(C(=O)Nc2cscc2NC(=O)OC(C)(C)C)nc1. The molecule has 0 bridgehead atoms. The third-order valence-corrected chi connectivity index (χ3v) is 6.43. The zero-order valence-corrected chi connectivity index (χ0v) is 24.2. The predicted octanol–water partition coefficient (Wildman–Crippen LogP) is 4.38. The third kappa shape index (κ3) is 10.5. The number of amides is 4. The van der Waals surface area contributed by atoms with Gasteiger partial charge < -0.3 is 25.0 Å². The summed E-state index contributed by atoms with van der Waals surface area (Å²) in [6.07, 6.45) is 1.86. The minimum absolute atomic E-state index is 0.0234. The highest BCUT2D eigenvalue weighted by Gasteiger charge is 2.20.